The average Bonchev–Trinajstić information content (AvgIpc) is 2.10. The van der Waals surface area contributed by atoms with Crippen LogP contribution in [0.1, 0.15) is 46.0 Å². The van der Waals surface area contributed by atoms with Crippen LogP contribution in [0.5, 0.6) is 0 Å². The maximum atomic E-state index is 2.30. The molecule has 0 atom stereocenters. The van der Waals surface area contributed by atoms with E-state index < -0.39 is 0 Å². The first-order chi connectivity index (χ1) is 5.91. The van der Waals surface area contributed by atoms with Crippen LogP contribution in [0, 0.1) is 5.75 Å². The average molecular weight is 185 g/mol. The van der Waals surface area contributed by atoms with Crippen molar-refractivity contribution in [2.75, 3.05) is 5.75 Å². The fourth-order valence-corrected chi connectivity index (χ4v) is 1.77. The predicted molar refractivity (Wildman–Crippen MR) is 60.3 cm³/mol. The molecule has 0 rings (SSSR count). The molecule has 0 unspecified atom stereocenters. The molecule has 0 aliphatic carbocycles. The second-order valence-corrected chi connectivity index (χ2v) is 3.94. The standard InChI is InChI=1S/C11H21S/c1-3-5-6-7-8-9-11-12-10-4-2/h3,5,10H,4,6-9,11H2,1-2H3. The lowest BCUT2D eigenvalue weighted by Gasteiger charge is -1.98. The molecule has 0 bridgehead atoms. The molecule has 0 saturated carbocycles. The first kappa shape index (κ1) is 12.1. The third kappa shape index (κ3) is 10.1. The minimum absolute atomic E-state index is 1.20. The van der Waals surface area contributed by atoms with E-state index in [0.717, 1.165) is 0 Å². The molecule has 0 heterocycles. The summed E-state index contributed by atoms with van der Waals surface area (Å²) in [5.41, 5.74) is 0. The van der Waals surface area contributed by atoms with Gasteiger partial charge in [-0.25, -0.2) is 0 Å². The molecule has 0 aromatic carbocycles. The normalized spacial score (nSPS) is 11.2. The van der Waals surface area contributed by atoms with Crippen molar-refractivity contribution >= 4 is 11.8 Å². The highest BCUT2D eigenvalue weighted by Gasteiger charge is 1.88. The second kappa shape index (κ2) is 11.1. The van der Waals surface area contributed by atoms with Crippen molar-refractivity contribution in [3.8, 4) is 0 Å². The van der Waals surface area contributed by atoms with Crippen LogP contribution in [0.2, 0.25) is 0 Å². The molecular weight excluding hydrogens is 164 g/mol. The van der Waals surface area contributed by atoms with Gasteiger partial charge >= 0.3 is 0 Å². The van der Waals surface area contributed by atoms with Gasteiger partial charge in [0.2, 0.25) is 0 Å². The Bertz CT molecular complexity index is 97.2. The molecule has 0 aromatic rings. The third-order valence-corrected chi connectivity index (χ3v) is 2.75. The van der Waals surface area contributed by atoms with Crippen molar-refractivity contribution in [1.82, 2.24) is 0 Å². The van der Waals surface area contributed by atoms with Crippen LogP contribution < -0.4 is 0 Å². The minimum Gasteiger partial charge on any atom is -0.157 e. The highest BCUT2D eigenvalue weighted by atomic mass is 32.2. The van der Waals surface area contributed by atoms with E-state index in [1.54, 1.807) is 0 Å². The first-order valence-corrected chi connectivity index (χ1v) is 6.01. The van der Waals surface area contributed by atoms with Gasteiger partial charge in [-0.3, -0.25) is 0 Å². The Morgan fingerprint density at radius 3 is 2.67 bits per heavy atom. The molecule has 1 radical (unpaired) electrons. The number of thioether (sulfide) groups is 1. The fourth-order valence-electron chi connectivity index (χ4n) is 0.992. The summed E-state index contributed by atoms with van der Waals surface area (Å²) < 4.78 is 0. The topological polar surface area (TPSA) is 0 Å². The maximum absolute atomic E-state index is 2.30. The molecular formula is C11H21S. The van der Waals surface area contributed by atoms with Crippen molar-refractivity contribution < 1.29 is 0 Å². The molecule has 0 aliphatic rings. The van der Waals surface area contributed by atoms with E-state index in [1.807, 2.05) is 11.8 Å². The van der Waals surface area contributed by atoms with Gasteiger partial charge in [0.25, 0.3) is 0 Å². The molecule has 71 valence electrons. The van der Waals surface area contributed by atoms with Crippen LogP contribution >= 0.6 is 11.8 Å². The molecule has 0 aromatic heterocycles. The number of hydrogen-bond acceptors (Lipinski definition) is 1. The summed E-state index contributed by atoms with van der Waals surface area (Å²) in [5, 5.41) is 0. The van der Waals surface area contributed by atoms with Gasteiger partial charge in [0.1, 0.15) is 0 Å². The third-order valence-electron chi connectivity index (χ3n) is 1.65. The van der Waals surface area contributed by atoms with Crippen LogP contribution in [-0.2, 0) is 0 Å². The van der Waals surface area contributed by atoms with Crippen molar-refractivity contribution in [3.05, 3.63) is 17.9 Å². The molecule has 0 aliphatic heterocycles. The summed E-state index contributed by atoms with van der Waals surface area (Å²) in [6.45, 7) is 4.28. The smallest absolute Gasteiger partial charge is 0.0163 e. The lowest BCUT2D eigenvalue weighted by molar-refractivity contribution is 0.734. The van der Waals surface area contributed by atoms with Gasteiger partial charge < -0.3 is 0 Å². The Kier molecular flexibility index (Phi) is 11.2. The molecule has 0 fully saturated rings. The first-order valence-electron chi connectivity index (χ1n) is 4.96. The van der Waals surface area contributed by atoms with Gasteiger partial charge in [-0.05, 0) is 38.4 Å². The summed E-state index contributed by atoms with van der Waals surface area (Å²) >= 11 is 1.97. The van der Waals surface area contributed by atoms with Crippen LogP contribution in [0.15, 0.2) is 12.2 Å². The largest absolute Gasteiger partial charge is 0.157 e. The van der Waals surface area contributed by atoms with Crippen LogP contribution in [0.25, 0.3) is 0 Å². The van der Waals surface area contributed by atoms with E-state index in [-0.39, 0.29) is 0 Å². The SMILES string of the molecule is CC=CCCCCCS[CH]CC. The molecule has 0 amide bonds. The summed E-state index contributed by atoms with van der Waals surface area (Å²) in [7, 11) is 0. The summed E-state index contributed by atoms with van der Waals surface area (Å²) in [6.07, 6.45) is 11.0. The lowest BCUT2D eigenvalue weighted by Crippen LogP contribution is -1.80. The quantitative estimate of drug-likeness (QED) is 0.398. The fraction of sp³-hybridized carbons (Fsp3) is 0.727. The number of rotatable bonds is 8. The predicted octanol–water partition coefficient (Wildman–Crippen LogP) is 4.43. The summed E-state index contributed by atoms with van der Waals surface area (Å²) in [5.74, 6) is 3.61. The van der Waals surface area contributed by atoms with Crippen LogP contribution in [0.3, 0.4) is 0 Å². The highest BCUT2D eigenvalue weighted by Crippen LogP contribution is 2.12. The lowest BCUT2D eigenvalue weighted by atomic mass is 10.2. The Labute approximate surface area is 81.8 Å². The van der Waals surface area contributed by atoms with Gasteiger partial charge in [0.05, 0.1) is 0 Å². The maximum Gasteiger partial charge on any atom is 0.0163 e. The summed E-state index contributed by atoms with van der Waals surface area (Å²) in [4.78, 5) is 0. The number of hydrogen-bond donors (Lipinski definition) is 0. The van der Waals surface area contributed by atoms with Gasteiger partial charge in [0.15, 0.2) is 0 Å². The summed E-state index contributed by atoms with van der Waals surface area (Å²) in [6, 6.07) is 0. The Balaban J connectivity index is 2.81. The molecule has 12 heavy (non-hydrogen) atoms. The van der Waals surface area contributed by atoms with Crippen molar-refractivity contribution in [1.29, 1.82) is 0 Å². The van der Waals surface area contributed by atoms with E-state index in [2.05, 4.69) is 31.8 Å². The molecule has 0 saturated heterocycles. The molecule has 1 heteroatoms. The van der Waals surface area contributed by atoms with Crippen molar-refractivity contribution in [2.24, 2.45) is 0 Å². The molecule has 0 nitrogen and oxygen atoms in total. The highest BCUT2D eigenvalue weighted by molar-refractivity contribution is 8.01. The van der Waals surface area contributed by atoms with Crippen LogP contribution in [0.4, 0.5) is 0 Å². The van der Waals surface area contributed by atoms with Gasteiger partial charge in [-0.2, -0.15) is 11.8 Å². The van der Waals surface area contributed by atoms with Gasteiger partial charge in [-0.15, -0.1) is 0 Å². The Hall–Kier alpha value is 0.0900. The van der Waals surface area contributed by atoms with E-state index in [9.17, 15) is 0 Å². The van der Waals surface area contributed by atoms with Gasteiger partial charge in [-0.1, -0.05) is 25.5 Å². The van der Waals surface area contributed by atoms with E-state index >= 15 is 0 Å². The zero-order valence-electron chi connectivity index (χ0n) is 8.38. The monoisotopic (exact) mass is 185 g/mol. The van der Waals surface area contributed by atoms with E-state index in [4.69, 9.17) is 0 Å². The second-order valence-electron chi connectivity index (χ2n) is 2.86. The Morgan fingerprint density at radius 2 is 2.00 bits per heavy atom. The minimum atomic E-state index is 1.20. The van der Waals surface area contributed by atoms with Crippen molar-refractivity contribution in [2.45, 2.75) is 46.0 Å². The van der Waals surface area contributed by atoms with E-state index in [1.165, 1.54) is 37.9 Å². The number of unbranched alkanes of at least 4 members (excludes halogenated alkanes) is 3. The zero-order valence-corrected chi connectivity index (χ0v) is 9.20. The zero-order chi connectivity index (χ0) is 9.07. The van der Waals surface area contributed by atoms with Crippen molar-refractivity contribution in [3.63, 3.8) is 0 Å². The van der Waals surface area contributed by atoms with Crippen LogP contribution in [-0.4, -0.2) is 5.75 Å². The molecule has 0 spiro atoms. The Morgan fingerprint density at radius 1 is 1.17 bits per heavy atom. The van der Waals surface area contributed by atoms with E-state index in [0.29, 0.717) is 0 Å². The molecule has 0 N–H and O–H groups in total. The van der Waals surface area contributed by atoms with Gasteiger partial charge in [0, 0.05) is 5.75 Å². The number of allylic oxidation sites excluding steroid dienone is 2.